The van der Waals surface area contributed by atoms with Gasteiger partial charge in [0.05, 0.1) is 4.47 Å². The summed E-state index contributed by atoms with van der Waals surface area (Å²) in [5.74, 6) is 0.973. The molecule has 4 heteroatoms. The Hall–Kier alpha value is -0.610. The van der Waals surface area contributed by atoms with Crippen LogP contribution < -0.4 is 5.32 Å². The zero-order valence-corrected chi connectivity index (χ0v) is 11.4. The van der Waals surface area contributed by atoms with Crippen molar-refractivity contribution in [3.05, 3.63) is 22.3 Å². The van der Waals surface area contributed by atoms with Gasteiger partial charge in [0.1, 0.15) is 5.82 Å². The molecule has 1 aromatic rings. The number of pyridine rings is 1. The monoisotopic (exact) mass is 283 g/mol. The fourth-order valence-electron chi connectivity index (χ4n) is 2.12. The molecule has 3 nitrogen and oxygen atoms in total. The van der Waals surface area contributed by atoms with E-state index in [1.165, 1.54) is 24.9 Å². The van der Waals surface area contributed by atoms with Crippen LogP contribution in [0.3, 0.4) is 0 Å². The predicted molar refractivity (Wildman–Crippen MR) is 70.8 cm³/mol. The molecule has 1 N–H and O–H groups in total. The standard InChI is InChI=1S/C12H18BrN3/c1-9-5-6-14-12(11(9)13)15-10-4-3-7-16(2)8-10/h5-6,10H,3-4,7-8H2,1-2H3,(H,14,15). The van der Waals surface area contributed by atoms with Crippen LogP contribution in [0.15, 0.2) is 16.7 Å². The van der Waals surface area contributed by atoms with E-state index in [4.69, 9.17) is 0 Å². The Kier molecular flexibility index (Phi) is 3.82. The zero-order chi connectivity index (χ0) is 11.5. The number of likely N-dealkylation sites (N-methyl/N-ethyl adjacent to an activating group) is 1. The molecule has 0 saturated carbocycles. The quantitative estimate of drug-likeness (QED) is 0.905. The molecule has 1 saturated heterocycles. The average molecular weight is 284 g/mol. The maximum atomic E-state index is 4.38. The SMILES string of the molecule is Cc1ccnc(NC2CCCN(C)C2)c1Br. The molecule has 0 aliphatic carbocycles. The minimum absolute atomic E-state index is 0.518. The Bertz CT molecular complexity index is 367. The fraction of sp³-hybridized carbons (Fsp3) is 0.583. The van der Waals surface area contributed by atoms with E-state index in [2.05, 4.69) is 45.1 Å². The summed E-state index contributed by atoms with van der Waals surface area (Å²) < 4.78 is 1.09. The minimum atomic E-state index is 0.518. The van der Waals surface area contributed by atoms with Gasteiger partial charge in [-0.3, -0.25) is 0 Å². The molecule has 0 spiro atoms. The van der Waals surface area contributed by atoms with Gasteiger partial charge in [-0.25, -0.2) is 4.98 Å². The Morgan fingerprint density at radius 2 is 2.38 bits per heavy atom. The Balaban J connectivity index is 2.05. The van der Waals surface area contributed by atoms with E-state index in [1.54, 1.807) is 0 Å². The first-order chi connectivity index (χ1) is 7.66. The van der Waals surface area contributed by atoms with Gasteiger partial charge < -0.3 is 10.2 Å². The van der Waals surface area contributed by atoms with Crippen LogP contribution in [0, 0.1) is 6.92 Å². The van der Waals surface area contributed by atoms with Crippen LogP contribution in [0.1, 0.15) is 18.4 Å². The van der Waals surface area contributed by atoms with Gasteiger partial charge in [0.25, 0.3) is 0 Å². The number of halogens is 1. The number of nitrogens with zero attached hydrogens (tertiary/aromatic N) is 2. The number of likely N-dealkylation sites (tertiary alicyclic amines) is 1. The summed E-state index contributed by atoms with van der Waals surface area (Å²) in [6.07, 6.45) is 4.35. The number of nitrogens with one attached hydrogen (secondary N) is 1. The van der Waals surface area contributed by atoms with E-state index >= 15 is 0 Å². The lowest BCUT2D eigenvalue weighted by Gasteiger charge is -2.30. The number of hydrogen-bond donors (Lipinski definition) is 1. The highest BCUT2D eigenvalue weighted by Gasteiger charge is 2.18. The van der Waals surface area contributed by atoms with Gasteiger partial charge in [-0.1, -0.05) is 0 Å². The normalized spacial score (nSPS) is 22.1. The predicted octanol–water partition coefficient (Wildman–Crippen LogP) is 2.66. The van der Waals surface area contributed by atoms with Gasteiger partial charge in [-0.2, -0.15) is 0 Å². The average Bonchev–Trinajstić information content (AvgIpc) is 2.25. The molecule has 2 rings (SSSR count). The van der Waals surface area contributed by atoms with Crippen LogP contribution in [-0.2, 0) is 0 Å². The molecule has 1 fully saturated rings. The van der Waals surface area contributed by atoms with Crippen molar-refractivity contribution in [1.29, 1.82) is 0 Å². The van der Waals surface area contributed by atoms with Crippen LogP contribution in [0.25, 0.3) is 0 Å². The van der Waals surface area contributed by atoms with Crippen LogP contribution in [-0.4, -0.2) is 36.1 Å². The second-order valence-electron chi connectivity index (χ2n) is 4.54. The highest BCUT2D eigenvalue weighted by molar-refractivity contribution is 9.10. The Morgan fingerprint density at radius 1 is 1.56 bits per heavy atom. The summed E-state index contributed by atoms with van der Waals surface area (Å²) in [6.45, 7) is 4.40. The van der Waals surface area contributed by atoms with Crippen molar-refractivity contribution in [1.82, 2.24) is 9.88 Å². The summed E-state index contributed by atoms with van der Waals surface area (Å²) in [5.41, 5.74) is 1.22. The number of anilines is 1. The highest BCUT2D eigenvalue weighted by atomic mass is 79.9. The first-order valence-corrected chi connectivity index (χ1v) is 6.52. The first-order valence-electron chi connectivity index (χ1n) is 5.73. The van der Waals surface area contributed by atoms with Crippen molar-refractivity contribution in [3.8, 4) is 0 Å². The van der Waals surface area contributed by atoms with Crippen molar-refractivity contribution < 1.29 is 0 Å². The van der Waals surface area contributed by atoms with E-state index in [9.17, 15) is 0 Å². The van der Waals surface area contributed by atoms with Crippen molar-refractivity contribution in [2.45, 2.75) is 25.8 Å². The molecular formula is C12H18BrN3. The molecular weight excluding hydrogens is 266 g/mol. The maximum absolute atomic E-state index is 4.38. The summed E-state index contributed by atoms with van der Waals surface area (Å²) in [5, 5.41) is 3.52. The zero-order valence-electron chi connectivity index (χ0n) is 9.83. The third-order valence-electron chi connectivity index (χ3n) is 3.05. The third kappa shape index (κ3) is 2.74. The molecule has 0 amide bonds. The van der Waals surface area contributed by atoms with E-state index in [0.29, 0.717) is 6.04 Å². The molecule has 1 aliphatic rings. The van der Waals surface area contributed by atoms with Crippen molar-refractivity contribution in [2.24, 2.45) is 0 Å². The van der Waals surface area contributed by atoms with Crippen molar-refractivity contribution in [2.75, 3.05) is 25.5 Å². The van der Waals surface area contributed by atoms with E-state index in [0.717, 1.165) is 16.8 Å². The van der Waals surface area contributed by atoms with Gasteiger partial charge in [0.15, 0.2) is 0 Å². The van der Waals surface area contributed by atoms with Crippen LogP contribution in [0.5, 0.6) is 0 Å². The molecule has 16 heavy (non-hydrogen) atoms. The molecule has 1 unspecified atom stereocenters. The molecule has 2 heterocycles. The van der Waals surface area contributed by atoms with E-state index in [1.807, 2.05) is 12.3 Å². The van der Waals surface area contributed by atoms with Crippen molar-refractivity contribution in [3.63, 3.8) is 0 Å². The molecule has 1 aliphatic heterocycles. The Morgan fingerprint density at radius 3 is 3.12 bits per heavy atom. The first kappa shape index (κ1) is 11.9. The number of aryl methyl sites for hydroxylation is 1. The number of piperidine rings is 1. The van der Waals surface area contributed by atoms with Crippen molar-refractivity contribution >= 4 is 21.7 Å². The van der Waals surface area contributed by atoms with Gasteiger partial charge in [0.2, 0.25) is 0 Å². The second kappa shape index (κ2) is 5.15. The summed E-state index contributed by atoms with van der Waals surface area (Å²) >= 11 is 3.58. The van der Waals surface area contributed by atoms with E-state index < -0.39 is 0 Å². The maximum Gasteiger partial charge on any atom is 0.140 e. The fourth-order valence-corrected chi connectivity index (χ4v) is 2.47. The molecule has 0 radical (unpaired) electrons. The molecule has 1 atom stereocenters. The lowest BCUT2D eigenvalue weighted by molar-refractivity contribution is 0.260. The van der Waals surface area contributed by atoms with Crippen LogP contribution >= 0.6 is 15.9 Å². The van der Waals surface area contributed by atoms with Gasteiger partial charge in [-0.05, 0) is 60.9 Å². The molecule has 1 aromatic heterocycles. The molecule has 0 bridgehead atoms. The topological polar surface area (TPSA) is 28.2 Å². The van der Waals surface area contributed by atoms with E-state index in [-0.39, 0.29) is 0 Å². The smallest absolute Gasteiger partial charge is 0.140 e. The van der Waals surface area contributed by atoms with Crippen LogP contribution in [0.4, 0.5) is 5.82 Å². The van der Waals surface area contributed by atoms with Crippen LogP contribution in [0.2, 0.25) is 0 Å². The third-order valence-corrected chi connectivity index (χ3v) is 4.05. The van der Waals surface area contributed by atoms with Gasteiger partial charge >= 0.3 is 0 Å². The second-order valence-corrected chi connectivity index (χ2v) is 5.33. The van der Waals surface area contributed by atoms with Gasteiger partial charge in [-0.15, -0.1) is 0 Å². The Labute approximate surface area is 105 Å². The van der Waals surface area contributed by atoms with Gasteiger partial charge in [0, 0.05) is 18.8 Å². The number of hydrogen-bond acceptors (Lipinski definition) is 3. The number of aromatic nitrogens is 1. The highest BCUT2D eigenvalue weighted by Crippen LogP contribution is 2.25. The lowest BCUT2D eigenvalue weighted by atomic mass is 10.1. The largest absolute Gasteiger partial charge is 0.365 e. The minimum Gasteiger partial charge on any atom is -0.365 e. The lowest BCUT2D eigenvalue weighted by Crippen LogP contribution is -2.40. The summed E-state index contributed by atoms with van der Waals surface area (Å²) in [4.78, 5) is 6.75. The summed E-state index contributed by atoms with van der Waals surface area (Å²) in [6, 6.07) is 2.53. The molecule has 0 aromatic carbocycles. The number of rotatable bonds is 2. The molecule has 88 valence electrons. The summed E-state index contributed by atoms with van der Waals surface area (Å²) in [7, 11) is 2.17.